The van der Waals surface area contributed by atoms with Crippen LogP contribution in [0.3, 0.4) is 0 Å². The van der Waals surface area contributed by atoms with Gasteiger partial charge in [-0.1, -0.05) is 0 Å². The van der Waals surface area contributed by atoms with E-state index in [0.717, 1.165) is 0 Å². The molecule has 1 aromatic heterocycles. The fourth-order valence-electron chi connectivity index (χ4n) is 1.86. The van der Waals surface area contributed by atoms with Gasteiger partial charge in [0.05, 0.1) is 49.8 Å². The van der Waals surface area contributed by atoms with E-state index in [9.17, 15) is 0 Å². The zero-order valence-corrected chi connectivity index (χ0v) is 10.5. The third-order valence-electron chi connectivity index (χ3n) is 2.73. The molecule has 0 saturated carbocycles. The van der Waals surface area contributed by atoms with Crippen molar-refractivity contribution in [3.8, 4) is 17.2 Å². The molecule has 1 aromatic carbocycles. The van der Waals surface area contributed by atoms with Crippen LogP contribution in [0.1, 0.15) is 0 Å². The van der Waals surface area contributed by atoms with Gasteiger partial charge in [-0.2, -0.15) is 0 Å². The first-order valence-corrected chi connectivity index (χ1v) is 5.26. The number of nitrogens with zero attached hydrogens (tertiary/aromatic N) is 1. The van der Waals surface area contributed by atoms with Gasteiger partial charge in [0.1, 0.15) is 0 Å². The Hall–Kier alpha value is -2.37. The van der Waals surface area contributed by atoms with Crippen LogP contribution < -0.4 is 25.7 Å². The summed E-state index contributed by atoms with van der Waals surface area (Å²) < 4.78 is 15.9. The van der Waals surface area contributed by atoms with Crippen molar-refractivity contribution in [2.24, 2.45) is 0 Å². The molecule has 0 aliphatic heterocycles. The maximum atomic E-state index is 5.97. The minimum absolute atomic E-state index is 0.396. The molecular weight excluding hydrogens is 234 g/mol. The number of hydrogen-bond acceptors (Lipinski definition) is 6. The highest BCUT2D eigenvalue weighted by Gasteiger charge is 2.19. The van der Waals surface area contributed by atoms with Crippen molar-refractivity contribution in [2.45, 2.75) is 0 Å². The summed E-state index contributed by atoms with van der Waals surface area (Å²) in [5.41, 5.74) is 13.2. The number of benzene rings is 1. The zero-order chi connectivity index (χ0) is 13.3. The molecule has 0 fully saturated rings. The summed E-state index contributed by atoms with van der Waals surface area (Å²) in [4.78, 5) is 4.21. The predicted molar refractivity (Wildman–Crippen MR) is 70.2 cm³/mol. The lowest BCUT2D eigenvalue weighted by Gasteiger charge is -2.16. The normalized spacial score (nSPS) is 10.4. The topological polar surface area (TPSA) is 92.6 Å². The number of methoxy groups -OCH3 is 3. The highest BCUT2D eigenvalue weighted by Crippen LogP contribution is 2.45. The van der Waals surface area contributed by atoms with Gasteiger partial charge in [-0.25, -0.2) is 0 Å². The number of fused-ring (bicyclic) bond motifs is 1. The Labute approximate surface area is 104 Å². The quantitative estimate of drug-likeness (QED) is 0.854. The molecule has 2 aromatic rings. The summed E-state index contributed by atoms with van der Waals surface area (Å²) >= 11 is 0. The van der Waals surface area contributed by atoms with Crippen molar-refractivity contribution in [2.75, 3.05) is 32.8 Å². The van der Waals surface area contributed by atoms with Gasteiger partial charge < -0.3 is 25.7 Å². The fourth-order valence-corrected chi connectivity index (χ4v) is 1.86. The summed E-state index contributed by atoms with van der Waals surface area (Å²) in [6.45, 7) is 0. The minimum Gasteiger partial charge on any atom is -0.493 e. The second-order valence-corrected chi connectivity index (χ2v) is 3.67. The van der Waals surface area contributed by atoms with Crippen molar-refractivity contribution >= 4 is 22.3 Å². The molecule has 0 aliphatic carbocycles. The van der Waals surface area contributed by atoms with Crippen LogP contribution in [0.15, 0.2) is 12.3 Å². The predicted octanol–water partition coefficient (Wildman–Crippen LogP) is 1.43. The molecule has 0 amide bonds. The highest BCUT2D eigenvalue weighted by molar-refractivity contribution is 6.02. The Morgan fingerprint density at radius 3 is 2.22 bits per heavy atom. The van der Waals surface area contributed by atoms with Crippen LogP contribution in [0.2, 0.25) is 0 Å². The number of hydrogen-bond donors (Lipinski definition) is 2. The average molecular weight is 249 g/mol. The van der Waals surface area contributed by atoms with Crippen molar-refractivity contribution in [3.05, 3.63) is 12.3 Å². The molecule has 6 heteroatoms. The Balaban J connectivity index is 2.93. The third kappa shape index (κ3) is 1.62. The van der Waals surface area contributed by atoms with E-state index >= 15 is 0 Å². The standard InChI is InChI=1S/C12H15N3O3/c1-16-8-4-7-9(10(14)6(13)5-15-7)12(18-3)11(8)17-2/h4-5H,13H2,1-3H3,(H2,14,15). The summed E-state index contributed by atoms with van der Waals surface area (Å²) in [5, 5.41) is 0.621. The summed E-state index contributed by atoms with van der Waals surface area (Å²) in [7, 11) is 4.60. The van der Waals surface area contributed by atoms with Crippen LogP contribution >= 0.6 is 0 Å². The van der Waals surface area contributed by atoms with Gasteiger partial charge in [0.2, 0.25) is 5.75 Å². The van der Waals surface area contributed by atoms with Crippen molar-refractivity contribution < 1.29 is 14.2 Å². The number of nitrogens with two attached hydrogens (primary N) is 2. The lowest BCUT2D eigenvalue weighted by atomic mass is 10.1. The number of ether oxygens (including phenoxy) is 3. The largest absolute Gasteiger partial charge is 0.493 e. The van der Waals surface area contributed by atoms with Gasteiger partial charge in [0, 0.05) is 6.07 Å². The molecule has 0 saturated heterocycles. The van der Waals surface area contributed by atoms with Crippen molar-refractivity contribution in [1.82, 2.24) is 4.98 Å². The lowest BCUT2D eigenvalue weighted by Crippen LogP contribution is -2.01. The van der Waals surface area contributed by atoms with E-state index in [1.807, 2.05) is 0 Å². The van der Waals surface area contributed by atoms with Gasteiger partial charge in [-0.15, -0.1) is 0 Å². The maximum Gasteiger partial charge on any atom is 0.204 e. The van der Waals surface area contributed by atoms with E-state index in [2.05, 4.69) is 4.98 Å². The van der Waals surface area contributed by atoms with Crippen molar-refractivity contribution in [3.63, 3.8) is 0 Å². The van der Waals surface area contributed by atoms with E-state index in [1.54, 1.807) is 13.2 Å². The monoisotopic (exact) mass is 249 g/mol. The first-order valence-electron chi connectivity index (χ1n) is 5.26. The Morgan fingerprint density at radius 2 is 1.67 bits per heavy atom. The number of nitrogen functional groups attached to an aromatic ring is 2. The SMILES string of the molecule is COc1cc2ncc(N)c(N)c2c(OC)c1OC. The summed E-state index contributed by atoms with van der Waals surface area (Å²) in [6, 6.07) is 1.73. The third-order valence-corrected chi connectivity index (χ3v) is 2.73. The van der Waals surface area contributed by atoms with E-state index in [0.29, 0.717) is 39.5 Å². The van der Waals surface area contributed by atoms with E-state index < -0.39 is 0 Å². The average Bonchev–Trinajstić information content (AvgIpc) is 2.40. The summed E-state index contributed by atoms with van der Waals surface area (Å²) in [6.07, 6.45) is 1.50. The molecule has 96 valence electrons. The maximum absolute atomic E-state index is 5.97. The van der Waals surface area contributed by atoms with Crippen LogP contribution in [-0.2, 0) is 0 Å². The van der Waals surface area contributed by atoms with Crippen LogP contribution in [0, 0.1) is 0 Å². The molecule has 6 nitrogen and oxygen atoms in total. The number of pyridine rings is 1. The molecule has 0 spiro atoms. The molecule has 18 heavy (non-hydrogen) atoms. The van der Waals surface area contributed by atoms with Gasteiger partial charge >= 0.3 is 0 Å². The number of anilines is 2. The van der Waals surface area contributed by atoms with E-state index in [-0.39, 0.29) is 0 Å². The molecule has 0 aliphatic rings. The first-order chi connectivity index (χ1) is 8.63. The second kappa shape index (κ2) is 4.48. The molecule has 0 unspecified atom stereocenters. The molecule has 1 heterocycles. The van der Waals surface area contributed by atoms with Crippen LogP contribution in [-0.4, -0.2) is 26.3 Å². The van der Waals surface area contributed by atoms with Crippen LogP contribution in [0.25, 0.3) is 10.9 Å². The molecule has 4 N–H and O–H groups in total. The van der Waals surface area contributed by atoms with Gasteiger partial charge in [0.15, 0.2) is 11.5 Å². The second-order valence-electron chi connectivity index (χ2n) is 3.67. The fraction of sp³-hybridized carbons (Fsp3) is 0.250. The van der Waals surface area contributed by atoms with Gasteiger partial charge in [0.25, 0.3) is 0 Å². The summed E-state index contributed by atoms with van der Waals surface area (Å²) in [5.74, 6) is 1.45. The molecule has 2 rings (SSSR count). The lowest BCUT2D eigenvalue weighted by molar-refractivity contribution is 0.327. The molecule has 0 bridgehead atoms. The van der Waals surface area contributed by atoms with Crippen molar-refractivity contribution in [1.29, 1.82) is 0 Å². The Kier molecular flexibility index (Phi) is 3.01. The van der Waals surface area contributed by atoms with Gasteiger partial charge in [-0.3, -0.25) is 4.98 Å². The number of rotatable bonds is 3. The van der Waals surface area contributed by atoms with Crippen LogP contribution in [0.4, 0.5) is 11.4 Å². The Bertz CT molecular complexity index is 599. The minimum atomic E-state index is 0.396. The van der Waals surface area contributed by atoms with E-state index in [1.165, 1.54) is 20.4 Å². The molecule has 0 radical (unpaired) electrons. The van der Waals surface area contributed by atoms with Gasteiger partial charge in [-0.05, 0) is 0 Å². The highest BCUT2D eigenvalue weighted by atomic mass is 16.5. The van der Waals surface area contributed by atoms with E-state index in [4.69, 9.17) is 25.7 Å². The Morgan fingerprint density at radius 1 is 1.00 bits per heavy atom. The molecular formula is C12H15N3O3. The smallest absolute Gasteiger partial charge is 0.204 e. The van der Waals surface area contributed by atoms with Crippen LogP contribution in [0.5, 0.6) is 17.2 Å². The zero-order valence-electron chi connectivity index (χ0n) is 10.5. The molecule has 0 atom stereocenters. The first kappa shape index (κ1) is 12.1. The number of aromatic nitrogens is 1.